The van der Waals surface area contributed by atoms with Crippen molar-refractivity contribution in [2.24, 2.45) is 11.8 Å². The van der Waals surface area contributed by atoms with Gasteiger partial charge in [0.2, 0.25) is 0 Å². The minimum Gasteiger partial charge on any atom is -0.496 e. The molecule has 0 aromatic heterocycles. The molecule has 1 aromatic carbocycles. The quantitative estimate of drug-likeness (QED) is 0.707. The summed E-state index contributed by atoms with van der Waals surface area (Å²) in [7, 11) is 5.15. The van der Waals surface area contributed by atoms with Crippen LogP contribution in [0.1, 0.15) is 57.4 Å². The first-order valence-electron chi connectivity index (χ1n) is 8.40. The highest BCUT2D eigenvalue weighted by Crippen LogP contribution is 2.48. The Kier molecular flexibility index (Phi) is 5.98. The molecule has 1 aromatic rings. The first-order chi connectivity index (χ1) is 10.6. The fourth-order valence-electron chi connectivity index (χ4n) is 3.81. The van der Waals surface area contributed by atoms with Crippen molar-refractivity contribution < 1.29 is 14.2 Å². The molecule has 1 aliphatic carbocycles. The second-order valence-electron chi connectivity index (χ2n) is 6.73. The standard InChI is InChI=1S/C19H30O3/c1-13(2)10-16(14-8-6-7-9-14)19-17(21-4)11-15(20-3)12-18(19)22-5/h11-14,16H,6-10H2,1-5H3. The lowest BCUT2D eigenvalue weighted by Crippen LogP contribution is -2.15. The van der Waals surface area contributed by atoms with Crippen molar-refractivity contribution in [1.82, 2.24) is 0 Å². The Morgan fingerprint density at radius 1 is 0.955 bits per heavy atom. The van der Waals surface area contributed by atoms with Crippen molar-refractivity contribution in [1.29, 1.82) is 0 Å². The van der Waals surface area contributed by atoms with Crippen molar-refractivity contribution in [2.75, 3.05) is 21.3 Å². The Labute approximate surface area is 135 Å². The molecule has 1 fully saturated rings. The molecule has 22 heavy (non-hydrogen) atoms. The zero-order chi connectivity index (χ0) is 16.1. The summed E-state index contributed by atoms with van der Waals surface area (Å²) in [6, 6.07) is 3.97. The van der Waals surface area contributed by atoms with Crippen LogP contribution in [-0.2, 0) is 0 Å². The molecular weight excluding hydrogens is 276 g/mol. The first-order valence-corrected chi connectivity index (χ1v) is 8.40. The van der Waals surface area contributed by atoms with Gasteiger partial charge in [-0.25, -0.2) is 0 Å². The van der Waals surface area contributed by atoms with Gasteiger partial charge in [-0.3, -0.25) is 0 Å². The van der Waals surface area contributed by atoms with E-state index >= 15 is 0 Å². The lowest BCUT2D eigenvalue weighted by molar-refractivity contribution is 0.323. The number of benzene rings is 1. The van der Waals surface area contributed by atoms with E-state index in [4.69, 9.17) is 14.2 Å². The van der Waals surface area contributed by atoms with Gasteiger partial charge in [-0.2, -0.15) is 0 Å². The van der Waals surface area contributed by atoms with E-state index in [1.807, 2.05) is 12.1 Å². The van der Waals surface area contributed by atoms with Gasteiger partial charge in [-0.1, -0.05) is 26.7 Å². The number of ether oxygens (including phenoxy) is 3. The third kappa shape index (κ3) is 3.68. The van der Waals surface area contributed by atoms with E-state index in [1.54, 1.807) is 21.3 Å². The van der Waals surface area contributed by atoms with Gasteiger partial charge in [-0.15, -0.1) is 0 Å². The SMILES string of the molecule is COc1cc(OC)c(C(CC(C)C)C2CCCC2)c(OC)c1. The molecule has 0 saturated heterocycles. The molecule has 0 bridgehead atoms. The Bertz CT molecular complexity index is 451. The summed E-state index contributed by atoms with van der Waals surface area (Å²) in [4.78, 5) is 0. The monoisotopic (exact) mass is 306 g/mol. The van der Waals surface area contributed by atoms with Crippen molar-refractivity contribution in [3.63, 3.8) is 0 Å². The van der Waals surface area contributed by atoms with E-state index in [0.717, 1.165) is 23.2 Å². The molecule has 0 radical (unpaired) electrons. The van der Waals surface area contributed by atoms with Crippen LogP contribution < -0.4 is 14.2 Å². The van der Waals surface area contributed by atoms with Gasteiger partial charge < -0.3 is 14.2 Å². The third-order valence-corrected chi connectivity index (χ3v) is 4.82. The normalized spacial score (nSPS) is 16.8. The smallest absolute Gasteiger partial charge is 0.129 e. The van der Waals surface area contributed by atoms with Crippen LogP contribution >= 0.6 is 0 Å². The number of methoxy groups -OCH3 is 3. The Balaban J connectivity index is 2.48. The topological polar surface area (TPSA) is 27.7 Å². The van der Waals surface area contributed by atoms with Gasteiger partial charge >= 0.3 is 0 Å². The molecule has 1 saturated carbocycles. The van der Waals surface area contributed by atoms with Crippen LogP contribution in [0.3, 0.4) is 0 Å². The number of hydrogen-bond acceptors (Lipinski definition) is 3. The summed E-state index contributed by atoms with van der Waals surface area (Å²) in [5, 5.41) is 0. The highest BCUT2D eigenvalue weighted by atomic mass is 16.5. The Morgan fingerprint density at radius 3 is 1.91 bits per heavy atom. The van der Waals surface area contributed by atoms with Crippen molar-refractivity contribution >= 4 is 0 Å². The van der Waals surface area contributed by atoms with Crippen molar-refractivity contribution in [2.45, 2.75) is 51.9 Å². The average molecular weight is 306 g/mol. The molecule has 1 atom stereocenters. The maximum atomic E-state index is 5.69. The van der Waals surface area contributed by atoms with Crippen LogP contribution in [0.5, 0.6) is 17.2 Å². The Hall–Kier alpha value is -1.38. The molecule has 124 valence electrons. The van der Waals surface area contributed by atoms with Gasteiger partial charge in [-0.05, 0) is 37.0 Å². The van der Waals surface area contributed by atoms with E-state index in [0.29, 0.717) is 11.8 Å². The maximum absolute atomic E-state index is 5.69. The molecule has 0 heterocycles. The van der Waals surface area contributed by atoms with E-state index in [1.165, 1.54) is 37.7 Å². The fourth-order valence-corrected chi connectivity index (χ4v) is 3.81. The largest absolute Gasteiger partial charge is 0.496 e. The molecule has 0 aliphatic heterocycles. The van der Waals surface area contributed by atoms with Crippen molar-refractivity contribution in [3.8, 4) is 17.2 Å². The third-order valence-electron chi connectivity index (χ3n) is 4.82. The molecule has 1 unspecified atom stereocenters. The Morgan fingerprint density at radius 2 is 1.50 bits per heavy atom. The van der Waals surface area contributed by atoms with E-state index in [9.17, 15) is 0 Å². The number of rotatable bonds is 7. The second-order valence-corrected chi connectivity index (χ2v) is 6.73. The molecule has 3 nitrogen and oxygen atoms in total. The minimum absolute atomic E-state index is 0.498. The average Bonchev–Trinajstić information content (AvgIpc) is 3.05. The summed E-state index contributed by atoms with van der Waals surface area (Å²) < 4.78 is 16.8. The van der Waals surface area contributed by atoms with Gasteiger partial charge in [0.05, 0.1) is 21.3 Å². The second kappa shape index (κ2) is 7.75. The van der Waals surface area contributed by atoms with Gasteiger partial charge in [0.25, 0.3) is 0 Å². The van der Waals surface area contributed by atoms with Crippen LogP contribution in [0.25, 0.3) is 0 Å². The zero-order valence-electron chi connectivity index (χ0n) is 14.6. The molecule has 0 N–H and O–H groups in total. The predicted octanol–water partition coefficient (Wildman–Crippen LogP) is 5.03. The van der Waals surface area contributed by atoms with Crippen molar-refractivity contribution in [3.05, 3.63) is 17.7 Å². The van der Waals surface area contributed by atoms with Crippen LogP contribution in [0.4, 0.5) is 0 Å². The zero-order valence-corrected chi connectivity index (χ0v) is 14.6. The molecule has 0 spiro atoms. The summed E-state index contributed by atoms with van der Waals surface area (Å²) in [5.74, 6) is 4.47. The van der Waals surface area contributed by atoms with E-state index in [2.05, 4.69) is 13.8 Å². The molecular formula is C19H30O3. The molecule has 0 amide bonds. The van der Waals surface area contributed by atoms with Gasteiger partial charge in [0.1, 0.15) is 17.2 Å². The van der Waals surface area contributed by atoms with E-state index < -0.39 is 0 Å². The lowest BCUT2D eigenvalue weighted by Gasteiger charge is -2.29. The highest BCUT2D eigenvalue weighted by molar-refractivity contribution is 5.53. The van der Waals surface area contributed by atoms with Gasteiger partial charge in [0.15, 0.2) is 0 Å². The van der Waals surface area contributed by atoms with Crippen LogP contribution in [0, 0.1) is 11.8 Å². The minimum atomic E-state index is 0.498. The number of hydrogen-bond donors (Lipinski definition) is 0. The summed E-state index contributed by atoms with van der Waals surface area (Å²) in [6.07, 6.45) is 6.50. The predicted molar refractivity (Wildman–Crippen MR) is 90.3 cm³/mol. The van der Waals surface area contributed by atoms with E-state index in [-0.39, 0.29) is 0 Å². The van der Waals surface area contributed by atoms with Crippen LogP contribution in [-0.4, -0.2) is 21.3 Å². The molecule has 2 rings (SSSR count). The lowest BCUT2D eigenvalue weighted by atomic mass is 9.78. The first kappa shape index (κ1) is 17.0. The summed E-state index contributed by atoms with van der Waals surface area (Å²) in [5.41, 5.74) is 1.23. The van der Waals surface area contributed by atoms with Crippen LogP contribution in [0.15, 0.2) is 12.1 Å². The summed E-state index contributed by atoms with van der Waals surface area (Å²) >= 11 is 0. The molecule has 3 heteroatoms. The highest BCUT2D eigenvalue weighted by Gasteiger charge is 2.31. The molecule has 1 aliphatic rings. The van der Waals surface area contributed by atoms with Crippen LogP contribution in [0.2, 0.25) is 0 Å². The maximum Gasteiger partial charge on any atom is 0.129 e. The fraction of sp³-hybridized carbons (Fsp3) is 0.684. The van der Waals surface area contributed by atoms with Gasteiger partial charge in [0, 0.05) is 17.7 Å². The summed E-state index contributed by atoms with van der Waals surface area (Å²) in [6.45, 7) is 4.59.